The Kier molecular flexibility index (Phi) is 5.63. The van der Waals surface area contributed by atoms with Crippen LogP contribution in [0.1, 0.15) is 9.60 Å². The Balaban J connectivity index is 1.21. The summed E-state index contributed by atoms with van der Waals surface area (Å²) in [5.74, 6) is 0. The molecular weight excluding hydrogens is 631 g/mol. The third-order valence-corrected chi connectivity index (χ3v) is 9.71. The molecular formula is C50H33NO. The molecule has 0 unspecified atom stereocenters. The Morgan fingerprint density at radius 1 is 0.423 bits per heavy atom. The molecule has 2 nitrogen and oxygen atoms in total. The number of hydrogen-bond acceptors (Lipinski definition) is 2. The minimum atomic E-state index is -0.497. The van der Waals surface area contributed by atoms with Crippen LogP contribution >= 0.6 is 0 Å². The Morgan fingerprint density at radius 2 is 1.04 bits per heavy atom. The van der Waals surface area contributed by atoms with Gasteiger partial charge in [0.25, 0.3) is 0 Å². The van der Waals surface area contributed by atoms with Crippen LogP contribution in [0.4, 0.5) is 17.1 Å². The van der Waals surface area contributed by atoms with Gasteiger partial charge < -0.3 is 9.32 Å². The summed E-state index contributed by atoms with van der Waals surface area (Å²) in [5, 5.41) is 2.92. The van der Waals surface area contributed by atoms with Gasteiger partial charge in [0.2, 0.25) is 0 Å². The summed E-state index contributed by atoms with van der Waals surface area (Å²) in [6, 6.07) is 50.3. The van der Waals surface area contributed by atoms with Crippen LogP contribution in [0.5, 0.6) is 0 Å². The largest absolute Gasteiger partial charge is 0.454 e. The number of para-hydroxylation sites is 1. The minimum Gasteiger partial charge on any atom is -0.454 e. The highest BCUT2D eigenvalue weighted by atomic mass is 16.3. The summed E-state index contributed by atoms with van der Waals surface area (Å²) in [5.41, 5.74) is 8.95. The van der Waals surface area contributed by atoms with Crippen molar-refractivity contribution < 1.29 is 14.0 Å². The van der Waals surface area contributed by atoms with Gasteiger partial charge in [0, 0.05) is 27.5 Å². The second-order valence-electron chi connectivity index (χ2n) is 12.8. The molecule has 0 saturated heterocycles. The van der Waals surface area contributed by atoms with Gasteiger partial charge in [-0.15, -0.1) is 0 Å². The zero-order valence-corrected chi connectivity index (χ0v) is 27.9. The molecule has 2 heteroatoms. The van der Waals surface area contributed by atoms with Gasteiger partial charge >= 0.3 is 0 Å². The SMILES string of the molecule is [2H]c1c([2H])c([2H])c2c([2H])c(-c3cccc4ccc5oc6c(N(c7ccc(-c8ccccc8)cc7)c7ccc(-c8ccccc8)cc7)cccc6c5c34)c([2H])c([2H])c2c1[2H]. The first-order valence-corrected chi connectivity index (χ1v) is 17.2. The zero-order chi connectivity index (χ0) is 40.5. The molecule has 0 spiro atoms. The molecule has 0 aliphatic rings. The third kappa shape index (κ3) is 5.12. The molecule has 0 bridgehead atoms. The van der Waals surface area contributed by atoms with E-state index in [2.05, 4.69) is 77.7 Å². The lowest BCUT2D eigenvalue weighted by molar-refractivity contribution is 0.669. The van der Waals surface area contributed by atoms with Gasteiger partial charge in [-0.2, -0.15) is 0 Å². The summed E-state index contributed by atoms with van der Waals surface area (Å²) in [7, 11) is 0. The third-order valence-electron chi connectivity index (χ3n) is 9.71. The summed E-state index contributed by atoms with van der Waals surface area (Å²) in [6.45, 7) is 0. The van der Waals surface area contributed by atoms with E-state index in [1.54, 1.807) is 0 Å². The second-order valence-corrected chi connectivity index (χ2v) is 12.8. The lowest BCUT2D eigenvalue weighted by atomic mass is 9.93. The van der Waals surface area contributed by atoms with Crippen molar-refractivity contribution in [3.05, 3.63) is 200 Å². The Hall–Kier alpha value is -6.90. The van der Waals surface area contributed by atoms with Crippen LogP contribution in [0.25, 0.3) is 76.9 Å². The molecule has 0 saturated carbocycles. The van der Waals surface area contributed by atoms with Crippen molar-refractivity contribution in [3.63, 3.8) is 0 Å². The fourth-order valence-electron chi connectivity index (χ4n) is 7.25. The van der Waals surface area contributed by atoms with Gasteiger partial charge in [0.15, 0.2) is 5.58 Å². The maximum Gasteiger partial charge on any atom is 0.159 e. The Morgan fingerprint density at radius 3 is 1.71 bits per heavy atom. The smallest absolute Gasteiger partial charge is 0.159 e. The van der Waals surface area contributed by atoms with Crippen molar-refractivity contribution in [1.82, 2.24) is 0 Å². The second kappa shape index (κ2) is 12.5. The van der Waals surface area contributed by atoms with Crippen molar-refractivity contribution >= 4 is 60.5 Å². The fraction of sp³-hybridized carbons (Fsp3) is 0. The molecule has 9 aromatic carbocycles. The quantitative estimate of drug-likeness (QED) is 0.175. The van der Waals surface area contributed by atoms with Crippen LogP contribution in [0.2, 0.25) is 0 Å². The predicted molar refractivity (Wildman–Crippen MR) is 220 cm³/mol. The van der Waals surface area contributed by atoms with Gasteiger partial charge in [-0.05, 0) is 92.0 Å². The first kappa shape index (κ1) is 23.5. The Bertz CT molecular complexity index is 3190. The number of fused-ring (bicyclic) bond motifs is 6. The molecule has 0 aliphatic carbocycles. The first-order valence-electron chi connectivity index (χ1n) is 20.7. The van der Waals surface area contributed by atoms with Crippen LogP contribution in [0.3, 0.4) is 0 Å². The molecule has 1 heterocycles. The molecule has 244 valence electrons. The van der Waals surface area contributed by atoms with Crippen LogP contribution < -0.4 is 4.90 Å². The number of rotatable bonds is 6. The average molecular weight is 671 g/mol. The minimum absolute atomic E-state index is 0.0808. The summed E-state index contributed by atoms with van der Waals surface area (Å²) in [4.78, 5) is 2.18. The van der Waals surface area contributed by atoms with E-state index in [1.165, 1.54) is 0 Å². The number of nitrogens with zero attached hydrogens (tertiary/aromatic N) is 1. The van der Waals surface area contributed by atoms with Crippen LogP contribution in [-0.4, -0.2) is 0 Å². The molecule has 1 aromatic heterocycles. The first-order chi connectivity index (χ1) is 28.7. The van der Waals surface area contributed by atoms with E-state index in [0.29, 0.717) is 22.1 Å². The number of furan rings is 1. The van der Waals surface area contributed by atoms with E-state index in [9.17, 15) is 2.74 Å². The average Bonchev–Trinajstić information content (AvgIpc) is 3.67. The van der Waals surface area contributed by atoms with Crippen LogP contribution in [0.15, 0.2) is 204 Å². The zero-order valence-electron chi connectivity index (χ0n) is 34.9. The van der Waals surface area contributed by atoms with Crippen molar-refractivity contribution in [1.29, 1.82) is 0 Å². The normalized spacial score (nSPS) is 13.3. The maximum absolute atomic E-state index is 9.37. The van der Waals surface area contributed by atoms with Gasteiger partial charge in [-0.1, -0.05) is 158 Å². The van der Waals surface area contributed by atoms with E-state index in [1.807, 2.05) is 84.9 Å². The lowest BCUT2D eigenvalue weighted by Crippen LogP contribution is -2.10. The van der Waals surface area contributed by atoms with E-state index in [0.717, 1.165) is 55.5 Å². The molecule has 0 amide bonds. The number of benzene rings is 9. The lowest BCUT2D eigenvalue weighted by Gasteiger charge is -2.26. The van der Waals surface area contributed by atoms with Gasteiger partial charge in [-0.3, -0.25) is 0 Å². The van der Waals surface area contributed by atoms with Crippen molar-refractivity contribution in [2.75, 3.05) is 4.90 Å². The van der Waals surface area contributed by atoms with Gasteiger partial charge in [0.1, 0.15) is 5.58 Å². The molecule has 0 radical (unpaired) electrons. The number of hydrogen-bond donors (Lipinski definition) is 0. The molecule has 0 fully saturated rings. The predicted octanol–water partition coefficient (Wildman–Crippen LogP) is 14.4. The highest BCUT2D eigenvalue weighted by Gasteiger charge is 2.21. The van der Waals surface area contributed by atoms with Gasteiger partial charge in [-0.25, -0.2) is 0 Å². The standard InChI is InChI=1S/C50H33NO/c1-3-11-34(12-4-1)37-23-28-42(29-24-37)51(43-30-25-38(26-31-43)35-13-5-2-6-14-35)46-20-10-19-45-49-47(52-50(45)46)32-27-39-17-9-18-44(48(39)49)41-22-21-36-15-7-8-16-40(36)33-41/h1-33H/i7D,8D,15D,16D,21D,22D,33D. The van der Waals surface area contributed by atoms with Crippen LogP contribution in [0, 0.1) is 0 Å². The van der Waals surface area contributed by atoms with Crippen molar-refractivity contribution in [3.8, 4) is 33.4 Å². The Labute approximate surface area is 312 Å². The van der Waals surface area contributed by atoms with E-state index in [4.69, 9.17) is 11.3 Å². The summed E-state index contributed by atoms with van der Waals surface area (Å²) < 4.78 is 68.2. The van der Waals surface area contributed by atoms with E-state index < -0.39 is 24.2 Å². The van der Waals surface area contributed by atoms with E-state index in [-0.39, 0.29) is 34.5 Å². The fourth-order valence-corrected chi connectivity index (χ4v) is 7.25. The highest BCUT2D eigenvalue weighted by Crippen LogP contribution is 2.46. The summed E-state index contributed by atoms with van der Waals surface area (Å²) in [6.07, 6.45) is 0. The molecule has 0 atom stereocenters. The monoisotopic (exact) mass is 670 g/mol. The molecule has 10 aromatic rings. The van der Waals surface area contributed by atoms with Crippen LogP contribution in [-0.2, 0) is 0 Å². The van der Waals surface area contributed by atoms with Crippen molar-refractivity contribution in [2.45, 2.75) is 0 Å². The van der Waals surface area contributed by atoms with Crippen molar-refractivity contribution in [2.24, 2.45) is 0 Å². The van der Waals surface area contributed by atoms with E-state index >= 15 is 0 Å². The molecule has 0 N–H and O–H groups in total. The number of anilines is 3. The molecule has 0 aliphatic heterocycles. The topological polar surface area (TPSA) is 16.4 Å². The van der Waals surface area contributed by atoms with Gasteiger partial charge in [0.05, 0.1) is 15.3 Å². The maximum atomic E-state index is 9.37. The summed E-state index contributed by atoms with van der Waals surface area (Å²) >= 11 is 0. The molecule has 10 rings (SSSR count). The highest BCUT2D eigenvalue weighted by molar-refractivity contribution is 6.24. The molecule has 52 heavy (non-hydrogen) atoms.